The smallest absolute Gasteiger partial charge is 0.457 e. The van der Waals surface area contributed by atoms with Crippen LogP contribution in [0.25, 0.3) is 0 Å². The largest absolute Gasteiger partial charge is 0.479 e. The van der Waals surface area contributed by atoms with Gasteiger partial charge in [0.15, 0.2) is 5.54 Å². The number of aliphatic carboxylic acids is 1. The predicted octanol–water partition coefficient (Wildman–Crippen LogP) is 4.98. The Kier molecular flexibility index (Phi) is 10.1. The van der Waals surface area contributed by atoms with Crippen LogP contribution in [0.1, 0.15) is 64.5 Å². The van der Waals surface area contributed by atoms with Gasteiger partial charge in [0.05, 0.1) is 23.5 Å². The van der Waals surface area contributed by atoms with E-state index in [1.54, 1.807) is 0 Å². The first kappa shape index (κ1) is 29.0. The lowest BCUT2D eigenvalue weighted by Crippen LogP contribution is -2.41. The first-order chi connectivity index (χ1) is 17.6. The van der Waals surface area contributed by atoms with Crippen molar-refractivity contribution in [1.82, 2.24) is 0 Å². The quantitative estimate of drug-likeness (QED) is 0.212. The van der Waals surface area contributed by atoms with Gasteiger partial charge in [-0.2, -0.15) is 0 Å². The highest BCUT2D eigenvalue weighted by Crippen LogP contribution is 2.38. The fourth-order valence-electron chi connectivity index (χ4n) is 4.44. The van der Waals surface area contributed by atoms with Crippen LogP contribution in [0.3, 0.4) is 0 Å². The summed E-state index contributed by atoms with van der Waals surface area (Å²) >= 11 is 0. The molecule has 2 aromatic carbocycles. The maximum absolute atomic E-state index is 12.9. The molecule has 1 saturated heterocycles. The van der Waals surface area contributed by atoms with Crippen molar-refractivity contribution < 1.29 is 23.9 Å². The van der Waals surface area contributed by atoms with E-state index >= 15 is 0 Å². The van der Waals surface area contributed by atoms with Crippen LogP contribution in [0.15, 0.2) is 65.7 Å². The Morgan fingerprint density at radius 2 is 1.46 bits per heavy atom. The molecule has 200 valence electrons. The van der Waals surface area contributed by atoms with Crippen LogP contribution in [0.2, 0.25) is 6.32 Å². The van der Waals surface area contributed by atoms with E-state index in [9.17, 15) is 9.90 Å². The maximum Gasteiger partial charge on any atom is 0.457 e. The molecule has 0 radical (unpaired) electrons. The molecule has 7 nitrogen and oxygen atoms in total. The van der Waals surface area contributed by atoms with Gasteiger partial charge in [0.25, 0.3) is 0 Å². The van der Waals surface area contributed by atoms with E-state index in [0.717, 1.165) is 17.5 Å². The number of nitrogens with two attached hydrogens (primary N) is 1. The second kappa shape index (κ2) is 12.8. The van der Waals surface area contributed by atoms with Crippen LogP contribution >= 0.6 is 0 Å². The normalized spacial score (nSPS) is 17.8. The Bertz CT molecular complexity index is 972. The van der Waals surface area contributed by atoms with Gasteiger partial charge >= 0.3 is 13.1 Å². The summed E-state index contributed by atoms with van der Waals surface area (Å²) in [4.78, 5) is 17.9. The van der Waals surface area contributed by atoms with Gasteiger partial charge in [-0.1, -0.05) is 73.5 Å². The predicted molar refractivity (Wildman–Crippen MR) is 148 cm³/mol. The number of nitrogens with zero attached hydrogens (tertiary/aromatic N) is 1. The number of carboxylic acids is 1. The van der Waals surface area contributed by atoms with Crippen LogP contribution < -0.4 is 5.73 Å². The highest BCUT2D eigenvalue weighted by Gasteiger charge is 2.50. The number of benzene rings is 2. The van der Waals surface area contributed by atoms with Crippen molar-refractivity contribution in [2.24, 2.45) is 10.7 Å². The molecule has 3 rings (SSSR count). The average Bonchev–Trinajstić information content (AvgIpc) is 3.09. The molecule has 1 atom stereocenters. The third kappa shape index (κ3) is 7.51. The summed E-state index contributed by atoms with van der Waals surface area (Å²) in [5, 5.41) is 10.5. The van der Waals surface area contributed by atoms with Crippen molar-refractivity contribution in [3.05, 3.63) is 71.8 Å². The average molecular weight is 508 g/mol. The van der Waals surface area contributed by atoms with Crippen LogP contribution in [0.4, 0.5) is 0 Å². The summed E-state index contributed by atoms with van der Waals surface area (Å²) in [5.41, 5.74) is 5.88. The molecular weight excluding hydrogens is 467 g/mol. The van der Waals surface area contributed by atoms with Gasteiger partial charge in [-0.15, -0.1) is 0 Å². The first-order valence-electron chi connectivity index (χ1n) is 13.2. The molecule has 0 spiro atoms. The molecule has 1 fully saturated rings. The third-order valence-corrected chi connectivity index (χ3v) is 7.32. The van der Waals surface area contributed by atoms with Gasteiger partial charge in [0, 0.05) is 30.7 Å². The fraction of sp³-hybridized carbons (Fsp3) is 0.517. The van der Waals surface area contributed by atoms with Crippen molar-refractivity contribution in [2.75, 3.05) is 19.8 Å². The summed E-state index contributed by atoms with van der Waals surface area (Å²) in [6.07, 6.45) is 2.74. The molecule has 1 unspecified atom stereocenters. The molecule has 1 aliphatic heterocycles. The summed E-state index contributed by atoms with van der Waals surface area (Å²) in [6, 6.07) is 19.5. The summed E-state index contributed by atoms with van der Waals surface area (Å²) < 4.78 is 17.9. The van der Waals surface area contributed by atoms with Crippen LogP contribution in [0, 0.1) is 0 Å². The number of rotatable bonds is 14. The molecule has 0 saturated carbocycles. The van der Waals surface area contributed by atoms with E-state index in [4.69, 9.17) is 24.8 Å². The van der Waals surface area contributed by atoms with Crippen molar-refractivity contribution in [1.29, 1.82) is 0 Å². The number of hydrogen-bond acceptors (Lipinski definition) is 6. The minimum atomic E-state index is -1.34. The second-order valence-electron chi connectivity index (χ2n) is 10.6. The molecule has 0 amide bonds. The van der Waals surface area contributed by atoms with E-state index in [2.05, 4.69) is 0 Å². The number of unbranched alkanes of at least 4 members (excludes halogenated alkanes) is 1. The molecule has 0 aliphatic carbocycles. The lowest BCUT2D eigenvalue weighted by Gasteiger charge is -2.32. The summed E-state index contributed by atoms with van der Waals surface area (Å²) in [5.74, 6) is -0.955. The van der Waals surface area contributed by atoms with Crippen molar-refractivity contribution in [3.8, 4) is 0 Å². The van der Waals surface area contributed by atoms with Crippen molar-refractivity contribution in [2.45, 2.75) is 76.4 Å². The van der Waals surface area contributed by atoms with Gasteiger partial charge in [-0.05, 0) is 40.4 Å². The van der Waals surface area contributed by atoms with E-state index in [1.165, 1.54) is 0 Å². The molecule has 0 bridgehead atoms. The SMILES string of the molecule is CC1(C)OB(CCCCC(CCOCCN)(N=C(c2ccccc2)c2ccccc2)C(=O)O)OC1(C)C. The van der Waals surface area contributed by atoms with E-state index in [1.807, 2.05) is 88.4 Å². The zero-order chi connectivity index (χ0) is 26.9. The Labute approximate surface area is 221 Å². The van der Waals surface area contributed by atoms with Crippen molar-refractivity contribution in [3.63, 3.8) is 0 Å². The minimum absolute atomic E-state index is 0.252. The van der Waals surface area contributed by atoms with E-state index in [0.29, 0.717) is 38.0 Å². The van der Waals surface area contributed by atoms with Gasteiger partial charge in [-0.3, -0.25) is 4.99 Å². The molecule has 37 heavy (non-hydrogen) atoms. The third-order valence-electron chi connectivity index (χ3n) is 7.32. The van der Waals surface area contributed by atoms with Crippen LogP contribution in [-0.2, 0) is 18.8 Å². The van der Waals surface area contributed by atoms with Gasteiger partial charge in [0.2, 0.25) is 0 Å². The summed E-state index contributed by atoms with van der Waals surface area (Å²) in [6.45, 7) is 9.17. The topological polar surface area (TPSA) is 103 Å². The maximum atomic E-state index is 12.9. The number of carboxylic acid groups (broad SMARTS) is 1. The number of ether oxygens (including phenoxy) is 1. The lowest BCUT2D eigenvalue weighted by atomic mass is 9.80. The number of carbonyl (C=O) groups is 1. The molecule has 2 aromatic rings. The second-order valence-corrected chi connectivity index (χ2v) is 10.6. The zero-order valence-corrected chi connectivity index (χ0v) is 22.6. The zero-order valence-electron chi connectivity index (χ0n) is 22.6. The van der Waals surface area contributed by atoms with Gasteiger partial charge < -0.3 is 24.9 Å². The van der Waals surface area contributed by atoms with E-state index < -0.39 is 11.5 Å². The molecular formula is C29H41BN2O5. The Morgan fingerprint density at radius 1 is 0.919 bits per heavy atom. The van der Waals surface area contributed by atoms with Crippen LogP contribution in [0.5, 0.6) is 0 Å². The highest BCUT2D eigenvalue weighted by molar-refractivity contribution is 6.45. The van der Waals surface area contributed by atoms with Crippen molar-refractivity contribution >= 4 is 18.8 Å². The monoisotopic (exact) mass is 508 g/mol. The molecule has 1 aliphatic rings. The Hall–Kier alpha value is -2.52. The van der Waals surface area contributed by atoms with Gasteiger partial charge in [0.1, 0.15) is 0 Å². The van der Waals surface area contributed by atoms with E-state index in [-0.39, 0.29) is 31.3 Å². The number of aliphatic imine (C=N–C) groups is 1. The number of hydrogen-bond donors (Lipinski definition) is 2. The minimum Gasteiger partial charge on any atom is -0.479 e. The van der Waals surface area contributed by atoms with Gasteiger partial charge in [-0.25, -0.2) is 4.79 Å². The lowest BCUT2D eigenvalue weighted by molar-refractivity contribution is -0.144. The molecule has 0 aromatic heterocycles. The van der Waals surface area contributed by atoms with Crippen LogP contribution in [-0.4, -0.2) is 60.4 Å². The molecule has 1 heterocycles. The Balaban J connectivity index is 1.85. The fourth-order valence-corrected chi connectivity index (χ4v) is 4.44. The Morgan fingerprint density at radius 3 is 1.95 bits per heavy atom. The standard InChI is InChI=1S/C29H41BN2O5/c1-27(2)28(3,4)37-30(36-27)19-12-11-17-29(26(33)34,18-21-35-22-20-31)32-25(23-13-7-5-8-14-23)24-15-9-6-10-16-24/h5-10,13-16H,11-12,17-22,31H2,1-4H3,(H,33,34). The molecule has 3 N–H and O–H groups in total. The molecule has 8 heteroatoms. The first-order valence-corrected chi connectivity index (χ1v) is 13.2. The highest BCUT2D eigenvalue weighted by atomic mass is 16.7. The summed E-state index contributed by atoms with van der Waals surface area (Å²) in [7, 11) is -0.301.